The third-order valence-corrected chi connectivity index (χ3v) is 6.11. The first-order valence-electron chi connectivity index (χ1n) is 12.8. The van der Waals surface area contributed by atoms with E-state index in [0.717, 1.165) is 48.8 Å². The molecule has 0 unspecified atom stereocenters. The van der Waals surface area contributed by atoms with Gasteiger partial charge in [-0.25, -0.2) is 14.8 Å². The topological polar surface area (TPSA) is 75.9 Å². The average Bonchev–Trinajstić information content (AvgIpc) is 2.89. The van der Waals surface area contributed by atoms with E-state index in [4.69, 9.17) is 4.74 Å². The number of carbonyl (C=O) groups is 1. The number of esters is 1. The Balaban J connectivity index is 1.58. The van der Waals surface area contributed by atoms with E-state index in [0.29, 0.717) is 22.7 Å². The van der Waals surface area contributed by atoms with Gasteiger partial charge in [-0.05, 0) is 73.2 Å². The van der Waals surface area contributed by atoms with Crippen LogP contribution in [-0.4, -0.2) is 15.9 Å². The van der Waals surface area contributed by atoms with Crippen LogP contribution in [0.25, 0.3) is 11.4 Å². The van der Waals surface area contributed by atoms with Gasteiger partial charge < -0.3 is 4.74 Å². The van der Waals surface area contributed by atoms with Crippen LogP contribution in [0.15, 0.2) is 54.9 Å². The van der Waals surface area contributed by atoms with E-state index in [9.17, 15) is 10.1 Å². The van der Waals surface area contributed by atoms with Gasteiger partial charge in [0, 0.05) is 18.0 Å². The van der Waals surface area contributed by atoms with Crippen molar-refractivity contribution in [2.75, 3.05) is 0 Å². The third kappa shape index (κ3) is 8.03. The first-order chi connectivity index (χ1) is 17.1. The largest absolute Gasteiger partial charge is 0.423 e. The number of hydrogen-bond donors (Lipinski definition) is 0. The van der Waals surface area contributed by atoms with E-state index in [1.807, 2.05) is 30.6 Å². The summed E-state index contributed by atoms with van der Waals surface area (Å²) in [5.41, 5.74) is 3.91. The molecule has 0 aliphatic carbocycles. The highest BCUT2D eigenvalue weighted by molar-refractivity contribution is 5.91. The minimum absolute atomic E-state index is 0.377. The number of aromatic nitrogens is 2. The van der Waals surface area contributed by atoms with Gasteiger partial charge in [-0.1, -0.05) is 58.4 Å². The predicted molar refractivity (Wildman–Crippen MR) is 139 cm³/mol. The first-order valence-corrected chi connectivity index (χ1v) is 12.8. The Kier molecular flexibility index (Phi) is 10.4. The molecule has 0 saturated carbocycles. The fourth-order valence-electron chi connectivity index (χ4n) is 3.99. The number of nitriles is 1. The van der Waals surface area contributed by atoms with Crippen LogP contribution >= 0.6 is 0 Å². The quantitative estimate of drug-likeness (QED) is 0.147. The Labute approximate surface area is 209 Å². The van der Waals surface area contributed by atoms with E-state index < -0.39 is 5.97 Å². The summed E-state index contributed by atoms with van der Waals surface area (Å²) in [6.45, 7) is 4.39. The van der Waals surface area contributed by atoms with Crippen molar-refractivity contribution < 1.29 is 9.53 Å². The lowest BCUT2D eigenvalue weighted by atomic mass is 9.99. The molecule has 35 heavy (non-hydrogen) atoms. The fourth-order valence-corrected chi connectivity index (χ4v) is 3.99. The van der Waals surface area contributed by atoms with Gasteiger partial charge in [0.1, 0.15) is 5.75 Å². The minimum Gasteiger partial charge on any atom is -0.423 e. The zero-order valence-electron chi connectivity index (χ0n) is 20.9. The van der Waals surface area contributed by atoms with Gasteiger partial charge in [0.2, 0.25) is 0 Å². The number of benzene rings is 2. The van der Waals surface area contributed by atoms with Crippen LogP contribution in [0.1, 0.15) is 92.3 Å². The van der Waals surface area contributed by atoms with E-state index in [2.05, 4.69) is 29.9 Å². The van der Waals surface area contributed by atoms with Gasteiger partial charge in [0.15, 0.2) is 5.82 Å². The van der Waals surface area contributed by atoms with Gasteiger partial charge >= 0.3 is 5.97 Å². The molecule has 0 aliphatic rings. The molecule has 3 rings (SSSR count). The number of carbonyl (C=O) groups excluding carboxylic acids is 1. The molecule has 1 aromatic heterocycles. The Morgan fingerprint density at radius 2 is 1.51 bits per heavy atom. The van der Waals surface area contributed by atoms with Crippen molar-refractivity contribution in [3.8, 4) is 23.2 Å². The van der Waals surface area contributed by atoms with E-state index in [-0.39, 0.29) is 0 Å². The molecule has 0 spiro atoms. The molecule has 3 aromatic rings. The zero-order valence-corrected chi connectivity index (χ0v) is 20.9. The normalized spacial score (nSPS) is 10.7. The van der Waals surface area contributed by atoms with Crippen molar-refractivity contribution in [3.05, 3.63) is 77.1 Å². The van der Waals surface area contributed by atoms with Crippen molar-refractivity contribution in [2.45, 2.75) is 78.1 Å². The maximum atomic E-state index is 12.7. The molecule has 0 fully saturated rings. The fraction of sp³-hybridized carbons (Fsp3) is 0.400. The number of aryl methyl sites for hydroxylation is 2. The summed E-state index contributed by atoms with van der Waals surface area (Å²) < 4.78 is 5.54. The van der Waals surface area contributed by atoms with Crippen LogP contribution < -0.4 is 4.74 Å². The first kappa shape index (κ1) is 26.1. The minimum atomic E-state index is -0.476. The Morgan fingerprint density at radius 1 is 0.857 bits per heavy atom. The number of rotatable bonds is 13. The average molecular weight is 470 g/mol. The van der Waals surface area contributed by atoms with Crippen LogP contribution in [0.4, 0.5) is 0 Å². The van der Waals surface area contributed by atoms with Gasteiger partial charge in [-0.15, -0.1) is 0 Å². The van der Waals surface area contributed by atoms with Crippen LogP contribution in [0.5, 0.6) is 5.75 Å². The van der Waals surface area contributed by atoms with Crippen LogP contribution in [0.3, 0.4) is 0 Å². The summed E-state index contributed by atoms with van der Waals surface area (Å²) in [7, 11) is 0. The molecule has 182 valence electrons. The molecule has 5 heteroatoms. The molecular weight excluding hydrogens is 434 g/mol. The van der Waals surface area contributed by atoms with Crippen LogP contribution in [0, 0.1) is 11.3 Å². The lowest BCUT2D eigenvalue weighted by Crippen LogP contribution is -2.09. The third-order valence-electron chi connectivity index (χ3n) is 6.11. The molecular formula is C30H35N3O2. The van der Waals surface area contributed by atoms with Crippen molar-refractivity contribution >= 4 is 5.97 Å². The zero-order chi connectivity index (χ0) is 24.9. The Bertz CT molecular complexity index is 1120. The van der Waals surface area contributed by atoms with Gasteiger partial charge in [0.05, 0.1) is 17.2 Å². The second kappa shape index (κ2) is 14.0. The lowest BCUT2D eigenvalue weighted by Gasteiger charge is -2.08. The van der Waals surface area contributed by atoms with Gasteiger partial charge in [0.25, 0.3) is 0 Å². The summed E-state index contributed by atoms with van der Waals surface area (Å²) in [4.78, 5) is 21.6. The monoisotopic (exact) mass is 469 g/mol. The molecule has 0 bridgehead atoms. The second-order valence-corrected chi connectivity index (χ2v) is 8.93. The Morgan fingerprint density at radius 3 is 2.20 bits per heavy atom. The number of unbranched alkanes of at least 4 members (excludes halogenated alkanes) is 6. The molecule has 0 atom stereocenters. The highest BCUT2D eigenvalue weighted by atomic mass is 16.5. The summed E-state index contributed by atoms with van der Waals surface area (Å²) in [5, 5.41) is 9.55. The van der Waals surface area contributed by atoms with Crippen LogP contribution in [-0.2, 0) is 12.8 Å². The molecule has 1 heterocycles. The lowest BCUT2D eigenvalue weighted by molar-refractivity contribution is 0.0734. The summed E-state index contributed by atoms with van der Waals surface area (Å²) in [6, 6.07) is 14.6. The number of nitrogens with zero attached hydrogens (tertiary/aromatic N) is 3. The molecule has 0 N–H and O–H groups in total. The second-order valence-electron chi connectivity index (χ2n) is 8.93. The predicted octanol–water partition coefficient (Wildman–Crippen LogP) is 7.48. The van der Waals surface area contributed by atoms with E-state index >= 15 is 0 Å². The number of hydrogen-bond acceptors (Lipinski definition) is 5. The summed E-state index contributed by atoms with van der Waals surface area (Å²) in [5.74, 6) is 0.607. The highest BCUT2D eigenvalue weighted by Gasteiger charge is 2.13. The molecule has 0 saturated heterocycles. The molecule has 0 aliphatic heterocycles. The van der Waals surface area contributed by atoms with Crippen molar-refractivity contribution in [1.29, 1.82) is 5.26 Å². The smallest absolute Gasteiger partial charge is 0.343 e. The maximum Gasteiger partial charge on any atom is 0.343 e. The van der Waals surface area contributed by atoms with Crippen LogP contribution in [0.2, 0.25) is 0 Å². The van der Waals surface area contributed by atoms with Gasteiger partial charge in [-0.2, -0.15) is 5.26 Å². The standard InChI is InChI=1S/C30H35N3O2/c1-3-5-7-8-10-12-24-13-14-26(19-27(24)20-31)30(34)35-28-17-15-25(16-18-28)29-32-21-23(22-33-29)11-9-6-4-2/h13-19,21-22H,3-12H2,1-2H3. The SMILES string of the molecule is CCCCCCCc1ccc(C(=O)Oc2ccc(-c3ncc(CCCCC)cn3)cc2)cc1C#N. The van der Waals surface area contributed by atoms with Gasteiger partial charge in [-0.3, -0.25) is 0 Å². The Hall–Kier alpha value is -3.52. The molecule has 0 radical (unpaired) electrons. The van der Waals surface area contributed by atoms with E-state index in [1.54, 1.807) is 24.3 Å². The molecule has 2 aromatic carbocycles. The summed E-state index contributed by atoms with van der Waals surface area (Å²) in [6.07, 6.45) is 15.1. The van der Waals surface area contributed by atoms with E-state index in [1.165, 1.54) is 32.1 Å². The summed E-state index contributed by atoms with van der Waals surface area (Å²) >= 11 is 0. The van der Waals surface area contributed by atoms with Crippen molar-refractivity contribution in [1.82, 2.24) is 9.97 Å². The van der Waals surface area contributed by atoms with Crippen molar-refractivity contribution in [2.24, 2.45) is 0 Å². The highest BCUT2D eigenvalue weighted by Crippen LogP contribution is 2.22. The van der Waals surface area contributed by atoms with Crippen molar-refractivity contribution in [3.63, 3.8) is 0 Å². The maximum absolute atomic E-state index is 12.7. The molecule has 0 amide bonds. The molecule has 5 nitrogen and oxygen atoms in total. The number of ether oxygens (including phenoxy) is 1.